The van der Waals surface area contributed by atoms with Gasteiger partial charge in [0.25, 0.3) is 0 Å². The minimum Gasteiger partial charge on any atom is -0.481 e. The van der Waals surface area contributed by atoms with Gasteiger partial charge in [-0.1, -0.05) is 54.6 Å². The average molecular weight is 630 g/mol. The van der Waals surface area contributed by atoms with Gasteiger partial charge >= 0.3 is 17.9 Å². The van der Waals surface area contributed by atoms with Crippen LogP contribution in [0.15, 0.2) is 91.0 Å². The normalized spacial score (nSPS) is 9.67. The molecule has 0 atom stereocenters. The molecular formula is C33H47N3O9. The van der Waals surface area contributed by atoms with Crippen LogP contribution in [0.2, 0.25) is 0 Å². The first-order valence-corrected chi connectivity index (χ1v) is 14.2. The Kier molecular flexibility index (Phi) is 22.2. The van der Waals surface area contributed by atoms with Crippen molar-refractivity contribution in [2.75, 3.05) is 68.7 Å². The Hall–Kier alpha value is -4.65. The van der Waals surface area contributed by atoms with Crippen molar-refractivity contribution >= 4 is 35.0 Å². The first-order chi connectivity index (χ1) is 21.4. The number of carboxylic acids is 3. The number of aliphatic hydroxyl groups excluding tert-OH is 3. The quantitative estimate of drug-likeness (QED) is 0.153. The van der Waals surface area contributed by atoms with E-state index in [1.54, 1.807) is 0 Å². The number of aliphatic hydroxyl groups is 3. The van der Waals surface area contributed by atoms with E-state index in [1.165, 1.54) is 0 Å². The third-order valence-corrected chi connectivity index (χ3v) is 6.00. The Labute approximate surface area is 265 Å². The molecule has 3 aromatic rings. The summed E-state index contributed by atoms with van der Waals surface area (Å²) in [6, 6.07) is 29.2. The van der Waals surface area contributed by atoms with Gasteiger partial charge in [-0.15, -0.1) is 0 Å². The van der Waals surface area contributed by atoms with Crippen LogP contribution in [0.4, 0.5) is 17.1 Å². The highest BCUT2D eigenvalue weighted by atomic mass is 16.4. The summed E-state index contributed by atoms with van der Waals surface area (Å²) in [4.78, 5) is 36.7. The number of carboxylic acid groups (broad SMARTS) is 3. The molecule has 248 valence electrons. The largest absolute Gasteiger partial charge is 0.481 e. The number of aliphatic carboxylic acids is 3. The molecule has 0 spiro atoms. The zero-order valence-electron chi connectivity index (χ0n) is 26.1. The van der Waals surface area contributed by atoms with Gasteiger partial charge in [0, 0.05) is 57.8 Å². The van der Waals surface area contributed by atoms with Crippen LogP contribution in [0.25, 0.3) is 0 Å². The van der Waals surface area contributed by atoms with E-state index in [2.05, 4.69) is 0 Å². The lowest BCUT2D eigenvalue weighted by Gasteiger charge is -2.17. The monoisotopic (exact) mass is 629 g/mol. The van der Waals surface area contributed by atoms with Crippen molar-refractivity contribution in [3.05, 3.63) is 91.0 Å². The summed E-state index contributed by atoms with van der Waals surface area (Å²) >= 11 is 0. The second kappa shape index (κ2) is 24.8. The van der Waals surface area contributed by atoms with E-state index in [0.717, 1.165) is 17.1 Å². The van der Waals surface area contributed by atoms with Gasteiger partial charge in [-0.25, -0.2) is 0 Å². The van der Waals surface area contributed by atoms with Crippen LogP contribution in [0.3, 0.4) is 0 Å². The fourth-order valence-electron chi connectivity index (χ4n) is 3.28. The van der Waals surface area contributed by atoms with Crippen LogP contribution in [-0.2, 0) is 14.4 Å². The minimum absolute atomic E-state index is 0.172. The van der Waals surface area contributed by atoms with Gasteiger partial charge in [0.15, 0.2) is 0 Å². The van der Waals surface area contributed by atoms with E-state index in [0.29, 0.717) is 19.6 Å². The lowest BCUT2D eigenvalue weighted by Crippen LogP contribution is -2.20. The number of carbonyl (C=O) groups is 3. The SMILES string of the molecule is CN(CCC(=O)O)c1ccccc1.CN(CCC(=O)O)c1ccccc1.CN(CCC(=O)O)c1ccccc1.OCC(O)CO. The molecule has 45 heavy (non-hydrogen) atoms. The maximum Gasteiger partial charge on any atom is 0.305 e. The van der Waals surface area contributed by atoms with Crippen LogP contribution in [-0.4, -0.2) is 109 Å². The number of nitrogens with zero attached hydrogens (tertiary/aromatic N) is 3. The molecule has 0 saturated carbocycles. The predicted octanol–water partition coefficient (Wildman–Crippen LogP) is 3.12. The van der Waals surface area contributed by atoms with Crippen molar-refractivity contribution in [1.82, 2.24) is 0 Å². The fraction of sp³-hybridized carbons (Fsp3) is 0.364. The number of benzene rings is 3. The van der Waals surface area contributed by atoms with Crippen LogP contribution >= 0.6 is 0 Å². The van der Waals surface area contributed by atoms with Gasteiger partial charge in [-0.05, 0) is 36.4 Å². The maximum absolute atomic E-state index is 10.3. The lowest BCUT2D eigenvalue weighted by molar-refractivity contribution is -0.137. The third kappa shape index (κ3) is 21.7. The van der Waals surface area contributed by atoms with E-state index >= 15 is 0 Å². The highest BCUT2D eigenvalue weighted by Crippen LogP contribution is 2.12. The molecule has 0 heterocycles. The van der Waals surface area contributed by atoms with Crippen LogP contribution in [0.5, 0.6) is 0 Å². The van der Waals surface area contributed by atoms with E-state index in [4.69, 9.17) is 30.6 Å². The summed E-state index contributed by atoms with van der Waals surface area (Å²) in [7, 11) is 5.66. The molecule has 0 amide bonds. The summed E-state index contributed by atoms with van der Waals surface area (Å²) in [5.41, 5.74) is 3.14. The summed E-state index contributed by atoms with van der Waals surface area (Å²) in [6.07, 6.45) is -0.438. The molecule has 0 aromatic heterocycles. The molecular weight excluding hydrogens is 582 g/mol. The van der Waals surface area contributed by atoms with Crippen molar-refractivity contribution in [1.29, 1.82) is 0 Å². The van der Waals surface area contributed by atoms with Crippen LogP contribution in [0, 0.1) is 0 Å². The molecule has 3 rings (SSSR count). The standard InChI is InChI=1S/3C10H13NO2.C3H8O3/c3*1-11(8-7-10(12)13)9-5-3-2-4-6-9;4-1-3(6)2-5/h3*2-6H,7-8H2,1H3,(H,12,13);3-6H,1-2H2. The molecule has 0 aliphatic rings. The Morgan fingerprint density at radius 1 is 0.511 bits per heavy atom. The number of rotatable bonds is 14. The molecule has 0 aliphatic heterocycles. The average Bonchev–Trinajstić information content (AvgIpc) is 3.06. The van der Waals surface area contributed by atoms with Crippen molar-refractivity contribution in [2.24, 2.45) is 0 Å². The number of para-hydroxylation sites is 3. The van der Waals surface area contributed by atoms with Gasteiger partial charge in [0.1, 0.15) is 6.10 Å². The molecule has 3 aromatic carbocycles. The van der Waals surface area contributed by atoms with Crippen LogP contribution < -0.4 is 14.7 Å². The number of hydrogen-bond acceptors (Lipinski definition) is 9. The Morgan fingerprint density at radius 2 is 0.733 bits per heavy atom. The van der Waals surface area contributed by atoms with E-state index in [9.17, 15) is 14.4 Å². The van der Waals surface area contributed by atoms with Gasteiger partial charge in [0.2, 0.25) is 0 Å². The first kappa shape index (κ1) is 40.4. The zero-order valence-corrected chi connectivity index (χ0v) is 26.1. The third-order valence-electron chi connectivity index (χ3n) is 6.00. The summed E-state index contributed by atoms with van der Waals surface area (Å²) in [6.45, 7) is 0.894. The summed E-state index contributed by atoms with van der Waals surface area (Å²) in [5, 5.41) is 49.5. The molecule has 12 heteroatoms. The highest BCUT2D eigenvalue weighted by molar-refractivity contribution is 5.68. The van der Waals surface area contributed by atoms with Crippen molar-refractivity contribution in [3.63, 3.8) is 0 Å². The smallest absolute Gasteiger partial charge is 0.305 e. The zero-order chi connectivity index (χ0) is 34.0. The second-order valence-electron chi connectivity index (χ2n) is 9.72. The first-order valence-electron chi connectivity index (χ1n) is 14.2. The summed E-state index contributed by atoms with van der Waals surface area (Å²) < 4.78 is 0. The molecule has 0 radical (unpaired) electrons. The molecule has 0 aliphatic carbocycles. The second-order valence-corrected chi connectivity index (χ2v) is 9.72. The van der Waals surface area contributed by atoms with Crippen molar-refractivity contribution in [2.45, 2.75) is 25.4 Å². The molecule has 0 unspecified atom stereocenters. The minimum atomic E-state index is -0.954. The van der Waals surface area contributed by atoms with E-state index in [1.807, 2.05) is 127 Å². The Bertz CT molecular complexity index is 1040. The van der Waals surface area contributed by atoms with Gasteiger partial charge in [-0.3, -0.25) is 14.4 Å². The van der Waals surface area contributed by atoms with Gasteiger partial charge < -0.3 is 45.3 Å². The molecule has 12 nitrogen and oxygen atoms in total. The topological polar surface area (TPSA) is 182 Å². The Morgan fingerprint density at radius 3 is 0.889 bits per heavy atom. The molecule has 0 bridgehead atoms. The maximum atomic E-state index is 10.3. The van der Waals surface area contributed by atoms with Gasteiger partial charge in [0.05, 0.1) is 32.5 Å². The predicted molar refractivity (Wildman–Crippen MR) is 176 cm³/mol. The van der Waals surface area contributed by atoms with Crippen molar-refractivity contribution in [3.8, 4) is 0 Å². The highest BCUT2D eigenvalue weighted by Gasteiger charge is 2.04. The van der Waals surface area contributed by atoms with Crippen LogP contribution in [0.1, 0.15) is 19.3 Å². The molecule has 0 fully saturated rings. The fourth-order valence-corrected chi connectivity index (χ4v) is 3.28. The van der Waals surface area contributed by atoms with Crippen molar-refractivity contribution < 1.29 is 45.0 Å². The lowest BCUT2D eigenvalue weighted by atomic mass is 10.3. The number of anilines is 3. The Balaban J connectivity index is 0.000000593. The molecule has 0 saturated heterocycles. The number of hydrogen-bond donors (Lipinski definition) is 6. The molecule has 6 N–H and O–H groups in total. The van der Waals surface area contributed by atoms with E-state index < -0.39 is 24.0 Å². The summed E-state index contributed by atoms with van der Waals surface area (Å²) in [5.74, 6) is -2.28. The van der Waals surface area contributed by atoms with E-state index in [-0.39, 0.29) is 32.5 Å². The van der Waals surface area contributed by atoms with Gasteiger partial charge in [-0.2, -0.15) is 0 Å².